The first-order valence-electron chi connectivity index (χ1n) is 8.34. The molecule has 0 aliphatic rings. The van der Waals surface area contributed by atoms with E-state index in [4.69, 9.17) is 16.0 Å². The summed E-state index contributed by atoms with van der Waals surface area (Å²) in [4.78, 5) is 8.74. The van der Waals surface area contributed by atoms with E-state index in [1.54, 1.807) is 13.3 Å². The maximum atomic E-state index is 5.90. The minimum absolute atomic E-state index is 0. The average Bonchev–Trinajstić information content (AvgIpc) is 3.13. The average molecular weight is 497 g/mol. The van der Waals surface area contributed by atoms with Crippen molar-refractivity contribution in [2.24, 2.45) is 4.99 Å². The highest BCUT2D eigenvalue weighted by Crippen LogP contribution is 2.19. The Bertz CT molecular complexity index is 876. The highest BCUT2D eigenvalue weighted by Gasteiger charge is 2.07. The van der Waals surface area contributed by atoms with Gasteiger partial charge >= 0.3 is 0 Å². The number of aromatic nitrogens is 1. The zero-order valence-electron chi connectivity index (χ0n) is 15.2. The Morgan fingerprint density at radius 2 is 1.70 bits per heavy atom. The molecule has 0 aliphatic carbocycles. The first kappa shape index (κ1) is 21.2. The highest BCUT2D eigenvalue weighted by atomic mass is 127. The molecule has 5 nitrogen and oxygen atoms in total. The van der Waals surface area contributed by atoms with E-state index in [0.29, 0.717) is 24.9 Å². The first-order chi connectivity index (χ1) is 12.6. The Morgan fingerprint density at radius 1 is 1.04 bits per heavy atom. The summed E-state index contributed by atoms with van der Waals surface area (Å²) in [5.74, 6) is 1.31. The van der Waals surface area contributed by atoms with Gasteiger partial charge in [0.05, 0.1) is 12.2 Å². The molecule has 3 rings (SSSR count). The summed E-state index contributed by atoms with van der Waals surface area (Å²) in [6, 6.07) is 15.8. The van der Waals surface area contributed by atoms with Gasteiger partial charge in [-0.15, -0.1) is 24.0 Å². The molecule has 3 aromatic rings. The smallest absolute Gasteiger partial charge is 0.226 e. The topological polar surface area (TPSA) is 62.5 Å². The molecule has 0 fully saturated rings. The minimum Gasteiger partial charge on any atom is -0.444 e. The van der Waals surface area contributed by atoms with Gasteiger partial charge in [0, 0.05) is 24.2 Å². The SMILES string of the molecule is CN=C(NCc1ccc(Cl)cc1)NCc1coc(-c2ccc(C)cc2)n1.I. The molecule has 0 aliphatic heterocycles. The van der Waals surface area contributed by atoms with Crippen LogP contribution in [0, 0.1) is 6.92 Å². The fraction of sp³-hybridized carbons (Fsp3) is 0.200. The van der Waals surface area contributed by atoms with E-state index < -0.39 is 0 Å². The van der Waals surface area contributed by atoms with Gasteiger partial charge < -0.3 is 15.1 Å². The van der Waals surface area contributed by atoms with Crippen molar-refractivity contribution < 1.29 is 4.42 Å². The van der Waals surface area contributed by atoms with Crippen LogP contribution in [-0.2, 0) is 13.1 Å². The van der Waals surface area contributed by atoms with E-state index in [1.165, 1.54) is 5.56 Å². The van der Waals surface area contributed by atoms with E-state index in [9.17, 15) is 0 Å². The number of guanidine groups is 1. The van der Waals surface area contributed by atoms with Crippen LogP contribution in [0.25, 0.3) is 11.5 Å². The molecule has 0 bridgehead atoms. The second-order valence-corrected chi connectivity index (χ2v) is 6.35. The summed E-state index contributed by atoms with van der Waals surface area (Å²) in [6.45, 7) is 3.23. The van der Waals surface area contributed by atoms with Crippen molar-refractivity contribution in [3.05, 3.63) is 76.6 Å². The second kappa shape index (κ2) is 10.3. The van der Waals surface area contributed by atoms with E-state index in [2.05, 4.69) is 27.5 Å². The van der Waals surface area contributed by atoms with Crippen LogP contribution in [-0.4, -0.2) is 18.0 Å². The van der Waals surface area contributed by atoms with Crippen LogP contribution < -0.4 is 10.6 Å². The molecule has 1 heterocycles. The van der Waals surface area contributed by atoms with Crippen molar-refractivity contribution in [1.29, 1.82) is 0 Å². The lowest BCUT2D eigenvalue weighted by atomic mass is 10.1. The first-order valence-corrected chi connectivity index (χ1v) is 8.72. The molecule has 2 aromatic carbocycles. The van der Waals surface area contributed by atoms with Crippen molar-refractivity contribution >= 4 is 41.5 Å². The predicted molar refractivity (Wildman–Crippen MR) is 121 cm³/mol. The van der Waals surface area contributed by atoms with Crippen molar-refractivity contribution in [2.45, 2.75) is 20.0 Å². The molecule has 0 saturated carbocycles. The predicted octanol–water partition coefficient (Wildman–Crippen LogP) is 4.79. The Labute approximate surface area is 181 Å². The van der Waals surface area contributed by atoms with Crippen LogP contribution in [0.1, 0.15) is 16.8 Å². The van der Waals surface area contributed by atoms with Gasteiger partial charge in [0.2, 0.25) is 5.89 Å². The van der Waals surface area contributed by atoms with Gasteiger partial charge in [-0.05, 0) is 36.8 Å². The minimum atomic E-state index is 0. The van der Waals surface area contributed by atoms with Gasteiger partial charge in [0.1, 0.15) is 6.26 Å². The molecule has 0 unspecified atom stereocenters. The zero-order valence-corrected chi connectivity index (χ0v) is 18.3. The fourth-order valence-corrected chi connectivity index (χ4v) is 2.53. The quantitative estimate of drug-likeness (QED) is 0.303. The van der Waals surface area contributed by atoms with Crippen LogP contribution in [0.4, 0.5) is 0 Å². The molecule has 0 radical (unpaired) electrons. The number of hydrogen-bond acceptors (Lipinski definition) is 3. The van der Waals surface area contributed by atoms with Crippen LogP contribution >= 0.6 is 35.6 Å². The number of nitrogens with one attached hydrogen (secondary N) is 2. The summed E-state index contributed by atoms with van der Waals surface area (Å²) in [7, 11) is 1.73. The summed E-state index contributed by atoms with van der Waals surface area (Å²) in [5.41, 5.74) is 4.11. The van der Waals surface area contributed by atoms with Gasteiger partial charge in [-0.2, -0.15) is 0 Å². The molecule has 0 saturated heterocycles. The van der Waals surface area contributed by atoms with Gasteiger partial charge in [-0.3, -0.25) is 4.99 Å². The van der Waals surface area contributed by atoms with Gasteiger partial charge in [-0.1, -0.05) is 41.4 Å². The maximum Gasteiger partial charge on any atom is 0.226 e. The van der Waals surface area contributed by atoms with Crippen LogP contribution in [0.2, 0.25) is 5.02 Å². The number of aliphatic imine (C=N–C) groups is 1. The number of nitrogens with zero attached hydrogens (tertiary/aromatic N) is 2. The van der Waals surface area contributed by atoms with Crippen molar-refractivity contribution in [2.75, 3.05) is 7.05 Å². The van der Waals surface area contributed by atoms with E-state index >= 15 is 0 Å². The molecule has 2 N–H and O–H groups in total. The summed E-state index contributed by atoms with van der Waals surface area (Å²) in [6.07, 6.45) is 1.66. The van der Waals surface area contributed by atoms with Crippen LogP contribution in [0.5, 0.6) is 0 Å². The number of hydrogen-bond donors (Lipinski definition) is 2. The summed E-state index contributed by atoms with van der Waals surface area (Å²) < 4.78 is 5.57. The third-order valence-corrected chi connectivity index (χ3v) is 4.14. The molecule has 7 heteroatoms. The maximum absolute atomic E-state index is 5.90. The summed E-state index contributed by atoms with van der Waals surface area (Å²) >= 11 is 5.90. The third kappa shape index (κ3) is 6.25. The lowest BCUT2D eigenvalue weighted by Crippen LogP contribution is -2.36. The molecular weight excluding hydrogens is 475 g/mol. The number of aryl methyl sites for hydroxylation is 1. The lowest BCUT2D eigenvalue weighted by molar-refractivity contribution is 0.572. The number of halogens is 2. The molecule has 27 heavy (non-hydrogen) atoms. The molecule has 142 valence electrons. The second-order valence-electron chi connectivity index (χ2n) is 5.92. The molecular formula is C20H22ClIN4O. The monoisotopic (exact) mass is 496 g/mol. The molecule has 0 amide bonds. The Balaban J connectivity index is 0.00000261. The third-order valence-electron chi connectivity index (χ3n) is 3.88. The van der Waals surface area contributed by atoms with E-state index in [0.717, 1.165) is 21.8 Å². The number of benzene rings is 2. The number of oxazole rings is 1. The normalized spacial score (nSPS) is 11.0. The standard InChI is InChI=1S/C20H21ClN4O.HI/c1-14-3-7-16(8-4-14)19-25-18(13-26-19)12-24-20(22-2)23-11-15-5-9-17(21)10-6-15;/h3-10,13H,11-12H2,1-2H3,(H2,22,23,24);1H. The van der Waals surface area contributed by atoms with Gasteiger partial charge in [0.25, 0.3) is 0 Å². The molecule has 0 atom stereocenters. The van der Waals surface area contributed by atoms with Crippen molar-refractivity contribution in [3.8, 4) is 11.5 Å². The highest BCUT2D eigenvalue weighted by molar-refractivity contribution is 14.0. The summed E-state index contributed by atoms with van der Waals surface area (Å²) in [5, 5.41) is 7.22. The van der Waals surface area contributed by atoms with Crippen LogP contribution in [0.3, 0.4) is 0 Å². The Morgan fingerprint density at radius 3 is 2.37 bits per heavy atom. The Hall–Kier alpha value is -2.06. The Kier molecular flexibility index (Phi) is 8.12. The molecule has 0 spiro atoms. The zero-order chi connectivity index (χ0) is 18.4. The molecule has 1 aromatic heterocycles. The largest absolute Gasteiger partial charge is 0.444 e. The lowest BCUT2D eigenvalue weighted by Gasteiger charge is -2.10. The van der Waals surface area contributed by atoms with Gasteiger partial charge in [-0.25, -0.2) is 4.98 Å². The van der Waals surface area contributed by atoms with Crippen molar-refractivity contribution in [1.82, 2.24) is 15.6 Å². The fourth-order valence-electron chi connectivity index (χ4n) is 2.40. The van der Waals surface area contributed by atoms with E-state index in [-0.39, 0.29) is 24.0 Å². The van der Waals surface area contributed by atoms with Crippen molar-refractivity contribution in [3.63, 3.8) is 0 Å². The number of rotatable bonds is 5. The van der Waals surface area contributed by atoms with Crippen LogP contribution in [0.15, 0.2) is 64.2 Å². The van der Waals surface area contributed by atoms with Gasteiger partial charge in [0.15, 0.2) is 5.96 Å². The van der Waals surface area contributed by atoms with E-state index in [1.807, 2.05) is 48.5 Å².